The van der Waals surface area contributed by atoms with Crippen LogP contribution in [0.4, 0.5) is 0 Å². The lowest BCUT2D eigenvalue weighted by molar-refractivity contribution is 0.593. The molecule has 2 rings (SSSR count). The molecule has 1 fully saturated rings. The monoisotopic (exact) mass is 179 g/mol. The van der Waals surface area contributed by atoms with E-state index >= 15 is 0 Å². The molecule has 3 heteroatoms. The van der Waals surface area contributed by atoms with Crippen molar-refractivity contribution >= 4 is 0 Å². The van der Waals surface area contributed by atoms with Gasteiger partial charge in [0.2, 0.25) is 0 Å². The second kappa shape index (κ2) is 3.14. The summed E-state index contributed by atoms with van der Waals surface area (Å²) in [5.41, 5.74) is 7.02. The van der Waals surface area contributed by atoms with Crippen LogP contribution in [0.15, 0.2) is 12.5 Å². The highest BCUT2D eigenvalue weighted by Crippen LogP contribution is 2.46. The molecular formula is C10H17N3. The van der Waals surface area contributed by atoms with Gasteiger partial charge in [-0.15, -0.1) is 0 Å². The molecule has 1 aliphatic rings. The van der Waals surface area contributed by atoms with E-state index in [9.17, 15) is 0 Å². The van der Waals surface area contributed by atoms with Crippen LogP contribution in [0.1, 0.15) is 44.5 Å². The second-order valence-corrected chi connectivity index (χ2v) is 3.99. The third kappa shape index (κ3) is 1.48. The van der Waals surface area contributed by atoms with Crippen LogP contribution in [0.5, 0.6) is 0 Å². The molecule has 0 radical (unpaired) electrons. The fraction of sp³-hybridized carbons (Fsp3) is 0.700. The first-order chi connectivity index (χ1) is 6.24. The maximum atomic E-state index is 5.85. The van der Waals surface area contributed by atoms with E-state index in [0.717, 1.165) is 5.92 Å². The van der Waals surface area contributed by atoms with Crippen molar-refractivity contribution in [1.82, 2.24) is 9.55 Å². The Balaban J connectivity index is 2.17. The molecule has 1 saturated carbocycles. The Bertz CT molecular complexity index is 290. The van der Waals surface area contributed by atoms with Crippen LogP contribution in [0.25, 0.3) is 0 Å². The zero-order valence-electron chi connectivity index (χ0n) is 8.27. The van der Waals surface area contributed by atoms with E-state index in [1.165, 1.54) is 18.5 Å². The average molecular weight is 179 g/mol. The SMILES string of the molecule is CCC1CC1n1cncc1[C@@H](C)N. The van der Waals surface area contributed by atoms with E-state index in [0.29, 0.717) is 6.04 Å². The molecule has 0 aliphatic heterocycles. The number of nitrogens with two attached hydrogens (primary N) is 1. The Labute approximate surface area is 79.0 Å². The Hall–Kier alpha value is -0.830. The van der Waals surface area contributed by atoms with Crippen LogP contribution in [0, 0.1) is 5.92 Å². The number of aromatic nitrogens is 2. The summed E-state index contributed by atoms with van der Waals surface area (Å²) in [5.74, 6) is 0.853. The fourth-order valence-electron chi connectivity index (χ4n) is 1.96. The molecule has 72 valence electrons. The molecular weight excluding hydrogens is 162 g/mol. The fourth-order valence-corrected chi connectivity index (χ4v) is 1.96. The third-order valence-electron chi connectivity index (χ3n) is 2.93. The summed E-state index contributed by atoms with van der Waals surface area (Å²) >= 11 is 0. The largest absolute Gasteiger partial charge is 0.330 e. The topological polar surface area (TPSA) is 43.8 Å². The zero-order chi connectivity index (χ0) is 9.42. The van der Waals surface area contributed by atoms with Crippen molar-refractivity contribution in [3.8, 4) is 0 Å². The highest BCUT2D eigenvalue weighted by atomic mass is 15.1. The van der Waals surface area contributed by atoms with E-state index in [1.807, 2.05) is 19.4 Å². The van der Waals surface area contributed by atoms with Gasteiger partial charge in [-0.25, -0.2) is 4.98 Å². The normalized spacial score (nSPS) is 28.8. The maximum absolute atomic E-state index is 5.85. The van der Waals surface area contributed by atoms with Crippen LogP contribution >= 0.6 is 0 Å². The first-order valence-electron chi connectivity index (χ1n) is 5.01. The molecule has 0 bridgehead atoms. The van der Waals surface area contributed by atoms with Crippen LogP contribution in [-0.4, -0.2) is 9.55 Å². The van der Waals surface area contributed by atoms with Gasteiger partial charge >= 0.3 is 0 Å². The lowest BCUT2D eigenvalue weighted by Crippen LogP contribution is -2.11. The minimum atomic E-state index is 0.0978. The molecule has 1 aromatic heterocycles. The van der Waals surface area contributed by atoms with Crippen molar-refractivity contribution in [2.45, 2.75) is 38.8 Å². The Morgan fingerprint density at radius 1 is 1.77 bits per heavy atom. The summed E-state index contributed by atoms with van der Waals surface area (Å²) in [6.45, 7) is 4.25. The van der Waals surface area contributed by atoms with E-state index in [-0.39, 0.29) is 6.04 Å². The smallest absolute Gasteiger partial charge is 0.0951 e. The standard InChI is InChI=1S/C10H17N3/c1-3-8-4-9(8)13-6-12-5-10(13)7(2)11/h5-9H,3-4,11H2,1-2H3/t7-,8?,9?/m1/s1. The minimum absolute atomic E-state index is 0.0978. The van der Waals surface area contributed by atoms with Crippen LogP contribution in [0.2, 0.25) is 0 Å². The molecule has 0 saturated heterocycles. The summed E-state index contributed by atoms with van der Waals surface area (Å²) in [5, 5.41) is 0. The third-order valence-corrected chi connectivity index (χ3v) is 2.93. The average Bonchev–Trinajstić information content (AvgIpc) is 2.72. The van der Waals surface area contributed by atoms with E-state index < -0.39 is 0 Å². The Kier molecular flexibility index (Phi) is 2.12. The van der Waals surface area contributed by atoms with Gasteiger partial charge in [0, 0.05) is 18.3 Å². The molecule has 13 heavy (non-hydrogen) atoms. The van der Waals surface area contributed by atoms with Gasteiger partial charge in [-0.1, -0.05) is 13.3 Å². The van der Waals surface area contributed by atoms with Crippen LogP contribution < -0.4 is 5.73 Å². The van der Waals surface area contributed by atoms with Gasteiger partial charge in [-0.3, -0.25) is 0 Å². The van der Waals surface area contributed by atoms with Crippen molar-refractivity contribution in [1.29, 1.82) is 0 Å². The molecule has 3 nitrogen and oxygen atoms in total. The first kappa shape index (κ1) is 8.75. The Morgan fingerprint density at radius 3 is 3.08 bits per heavy atom. The molecule has 3 atom stereocenters. The van der Waals surface area contributed by atoms with Crippen molar-refractivity contribution in [2.75, 3.05) is 0 Å². The number of hydrogen-bond acceptors (Lipinski definition) is 2. The van der Waals surface area contributed by atoms with Gasteiger partial charge in [-0.2, -0.15) is 0 Å². The molecule has 1 aliphatic carbocycles. The minimum Gasteiger partial charge on any atom is -0.330 e. The van der Waals surface area contributed by atoms with Gasteiger partial charge in [0.15, 0.2) is 0 Å². The summed E-state index contributed by atoms with van der Waals surface area (Å²) in [6, 6.07) is 0.772. The summed E-state index contributed by atoms with van der Waals surface area (Å²) in [6.07, 6.45) is 6.36. The van der Waals surface area contributed by atoms with E-state index in [2.05, 4.69) is 16.5 Å². The quantitative estimate of drug-likeness (QED) is 0.769. The van der Waals surface area contributed by atoms with Gasteiger partial charge in [0.05, 0.1) is 12.0 Å². The lowest BCUT2D eigenvalue weighted by atomic mass is 10.2. The number of imidazole rings is 1. The summed E-state index contributed by atoms with van der Waals surface area (Å²) in [7, 11) is 0. The molecule has 2 unspecified atom stereocenters. The molecule has 2 N–H and O–H groups in total. The predicted molar refractivity (Wildman–Crippen MR) is 52.3 cm³/mol. The van der Waals surface area contributed by atoms with Crippen molar-refractivity contribution in [3.63, 3.8) is 0 Å². The number of hydrogen-bond donors (Lipinski definition) is 1. The molecule has 1 heterocycles. The van der Waals surface area contributed by atoms with Crippen molar-refractivity contribution in [3.05, 3.63) is 18.2 Å². The number of rotatable bonds is 3. The second-order valence-electron chi connectivity index (χ2n) is 3.99. The molecule has 1 aromatic rings. The highest BCUT2D eigenvalue weighted by Gasteiger charge is 2.37. The van der Waals surface area contributed by atoms with Gasteiger partial charge in [-0.05, 0) is 19.3 Å². The van der Waals surface area contributed by atoms with Gasteiger partial charge in [0.1, 0.15) is 0 Å². The van der Waals surface area contributed by atoms with E-state index in [4.69, 9.17) is 5.73 Å². The zero-order valence-corrected chi connectivity index (χ0v) is 8.27. The highest BCUT2D eigenvalue weighted by molar-refractivity contribution is 5.08. The van der Waals surface area contributed by atoms with Crippen LogP contribution in [-0.2, 0) is 0 Å². The Morgan fingerprint density at radius 2 is 2.54 bits per heavy atom. The molecule has 0 aromatic carbocycles. The summed E-state index contributed by atoms with van der Waals surface area (Å²) in [4.78, 5) is 4.16. The number of nitrogens with zero attached hydrogens (tertiary/aromatic N) is 2. The molecule has 0 amide bonds. The van der Waals surface area contributed by atoms with Crippen molar-refractivity contribution in [2.24, 2.45) is 11.7 Å². The van der Waals surface area contributed by atoms with Gasteiger partial charge in [0.25, 0.3) is 0 Å². The first-order valence-corrected chi connectivity index (χ1v) is 5.01. The summed E-state index contributed by atoms with van der Waals surface area (Å²) < 4.78 is 2.25. The maximum Gasteiger partial charge on any atom is 0.0951 e. The van der Waals surface area contributed by atoms with E-state index in [1.54, 1.807) is 0 Å². The molecule has 0 spiro atoms. The van der Waals surface area contributed by atoms with Gasteiger partial charge < -0.3 is 10.3 Å². The predicted octanol–water partition coefficient (Wildman–Crippen LogP) is 1.87. The lowest BCUT2D eigenvalue weighted by Gasteiger charge is -2.09. The van der Waals surface area contributed by atoms with Crippen LogP contribution in [0.3, 0.4) is 0 Å². The van der Waals surface area contributed by atoms with Crippen molar-refractivity contribution < 1.29 is 0 Å².